The third kappa shape index (κ3) is 2.89. The summed E-state index contributed by atoms with van der Waals surface area (Å²) in [5.74, 6) is 0.689. The number of nitrogens with zero attached hydrogens (tertiary/aromatic N) is 2. The van der Waals surface area contributed by atoms with E-state index in [0.29, 0.717) is 17.9 Å². The van der Waals surface area contributed by atoms with E-state index in [1.165, 1.54) is 5.56 Å². The summed E-state index contributed by atoms with van der Waals surface area (Å²) >= 11 is 0. The summed E-state index contributed by atoms with van der Waals surface area (Å²) in [6, 6.07) is 9.69. The van der Waals surface area contributed by atoms with Crippen LogP contribution < -0.4 is 10.1 Å². The van der Waals surface area contributed by atoms with Gasteiger partial charge in [0.2, 0.25) is 0 Å². The molecule has 0 fully saturated rings. The molecule has 1 N–H and O–H groups in total. The van der Waals surface area contributed by atoms with E-state index in [2.05, 4.69) is 35.1 Å². The molecule has 0 aliphatic rings. The molecule has 4 heteroatoms. The highest BCUT2D eigenvalue weighted by atomic mass is 16.5. The predicted octanol–water partition coefficient (Wildman–Crippen LogP) is 3.00. The van der Waals surface area contributed by atoms with E-state index in [-0.39, 0.29) is 0 Å². The summed E-state index contributed by atoms with van der Waals surface area (Å²) in [6.07, 6.45) is 4.14. The molecule has 0 spiro atoms. The van der Waals surface area contributed by atoms with Crippen LogP contribution in [0.25, 0.3) is 0 Å². The van der Waals surface area contributed by atoms with Crippen LogP contribution in [0.2, 0.25) is 0 Å². The molecule has 0 amide bonds. The van der Waals surface area contributed by atoms with E-state index >= 15 is 0 Å². The second-order valence-corrected chi connectivity index (χ2v) is 4.20. The van der Waals surface area contributed by atoms with Gasteiger partial charge in [0.05, 0.1) is 18.4 Å². The standard InChI is InChI=1S/C15H17N3O/c1-3-18-8-7-12(11-18)10-17-15-13(9-16)5-4-6-14(15)19-2/h4-8,11,17H,3,10H2,1-2H3. The summed E-state index contributed by atoms with van der Waals surface area (Å²) in [5, 5.41) is 12.4. The lowest BCUT2D eigenvalue weighted by Crippen LogP contribution is -2.03. The van der Waals surface area contributed by atoms with Crippen molar-refractivity contribution in [3.05, 3.63) is 47.8 Å². The molecule has 0 radical (unpaired) electrons. The van der Waals surface area contributed by atoms with Crippen LogP contribution in [0.1, 0.15) is 18.1 Å². The topological polar surface area (TPSA) is 50.0 Å². The van der Waals surface area contributed by atoms with Gasteiger partial charge >= 0.3 is 0 Å². The van der Waals surface area contributed by atoms with Gasteiger partial charge in [-0.3, -0.25) is 0 Å². The van der Waals surface area contributed by atoms with E-state index in [0.717, 1.165) is 12.2 Å². The lowest BCUT2D eigenvalue weighted by atomic mass is 10.1. The highest BCUT2D eigenvalue weighted by molar-refractivity contribution is 5.66. The van der Waals surface area contributed by atoms with Gasteiger partial charge < -0.3 is 14.6 Å². The average Bonchev–Trinajstić information content (AvgIpc) is 2.92. The second-order valence-electron chi connectivity index (χ2n) is 4.20. The summed E-state index contributed by atoms with van der Waals surface area (Å²) in [7, 11) is 1.61. The van der Waals surface area contributed by atoms with E-state index in [1.54, 1.807) is 13.2 Å². The number of hydrogen-bond donors (Lipinski definition) is 1. The molecule has 0 bridgehead atoms. The van der Waals surface area contributed by atoms with Crippen LogP contribution in [0.3, 0.4) is 0 Å². The van der Waals surface area contributed by atoms with Crippen LogP contribution >= 0.6 is 0 Å². The van der Waals surface area contributed by atoms with E-state index in [9.17, 15) is 0 Å². The first kappa shape index (κ1) is 13.0. The maximum atomic E-state index is 9.13. The number of nitriles is 1. The Kier molecular flexibility index (Phi) is 4.09. The van der Waals surface area contributed by atoms with Crippen LogP contribution in [-0.2, 0) is 13.1 Å². The lowest BCUT2D eigenvalue weighted by molar-refractivity contribution is 0.416. The Morgan fingerprint density at radius 2 is 2.21 bits per heavy atom. The molecule has 0 saturated carbocycles. The van der Waals surface area contributed by atoms with E-state index in [1.807, 2.05) is 18.3 Å². The van der Waals surface area contributed by atoms with Crippen LogP contribution in [0, 0.1) is 11.3 Å². The SMILES string of the molecule is CCn1ccc(CNc2c(C#N)cccc2OC)c1. The van der Waals surface area contributed by atoms with E-state index in [4.69, 9.17) is 10.00 Å². The molecule has 0 unspecified atom stereocenters. The van der Waals surface area contributed by atoms with Crippen LogP contribution in [0.5, 0.6) is 5.75 Å². The molecular weight excluding hydrogens is 238 g/mol. The molecular formula is C15H17N3O. The lowest BCUT2D eigenvalue weighted by Gasteiger charge is -2.11. The van der Waals surface area contributed by atoms with Gasteiger partial charge in [-0.15, -0.1) is 0 Å². The van der Waals surface area contributed by atoms with Gasteiger partial charge in [0, 0.05) is 25.5 Å². The largest absolute Gasteiger partial charge is 0.495 e. The number of anilines is 1. The van der Waals surface area contributed by atoms with Crippen molar-refractivity contribution in [3.8, 4) is 11.8 Å². The zero-order chi connectivity index (χ0) is 13.7. The normalized spacial score (nSPS) is 9.95. The fraction of sp³-hybridized carbons (Fsp3) is 0.267. The molecule has 19 heavy (non-hydrogen) atoms. The maximum Gasteiger partial charge on any atom is 0.143 e. The van der Waals surface area contributed by atoms with Crippen LogP contribution in [0.4, 0.5) is 5.69 Å². The zero-order valence-electron chi connectivity index (χ0n) is 11.2. The Morgan fingerprint density at radius 3 is 2.84 bits per heavy atom. The number of aromatic nitrogens is 1. The molecule has 2 rings (SSSR count). The van der Waals surface area contributed by atoms with Crippen LogP contribution in [0.15, 0.2) is 36.7 Å². The summed E-state index contributed by atoms with van der Waals surface area (Å²) < 4.78 is 7.40. The third-order valence-corrected chi connectivity index (χ3v) is 3.01. The first-order chi connectivity index (χ1) is 9.28. The number of rotatable bonds is 5. The molecule has 1 aromatic carbocycles. The number of nitrogens with one attached hydrogen (secondary N) is 1. The Balaban J connectivity index is 2.16. The first-order valence-electron chi connectivity index (χ1n) is 6.24. The monoisotopic (exact) mass is 255 g/mol. The van der Waals surface area contributed by atoms with Gasteiger partial charge in [-0.2, -0.15) is 5.26 Å². The number of hydrogen-bond acceptors (Lipinski definition) is 3. The van der Waals surface area contributed by atoms with Crippen molar-refractivity contribution in [2.75, 3.05) is 12.4 Å². The molecule has 98 valence electrons. The quantitative estimate of drug-likeness (QED) is 0.893. The minimum absolute atomic E-state index is 0.592. The number of aryl methyl sites for hydroxylation is 1. The second kappa shape index (κ2) is 5.96. The van der Waals surface area contributed by atoms with Crippen molar-refractivity contribution < 1.29 is 4.74 Å². The number of methoxy groups -OCH3 is 1. The number of benzene rings is 1. The Morgan fingerprint density at radius 1 is 1.37 bits per heavy atom. The molecule has 0 aliphatic carbocycles. The van der Waals surface area contributed by atoms with Crippen molar-refractivity contribution in [1.82, 2.24) is 4.57 Å². The van der Waals surface area contributed by atoms with Crippen molar-refractivity contribution in [3.63, 3.8) is 0 Å². The highest BCUT2D eigenvalue weighted by Crippen LogP contribution is 2.28. The number of para-hydroxylation sites is 1. The van der Waals surface area contributed by atoms with Crippen molar-refractivity contribution in [1.29, 1.82) is 5.26 Å². The number of ether oxygens (including phenoxy) is 1. The fourth-order valence-electron chi connectivity index (χ4n) is 1.96. The molecule has 4 nitrogen and oxygen atoms in total. The fourth-order valence-corrected chi connectivity index (χ4v) is 1.96. The molecule has 2 aromatic rings. The van der Waals surface area contributed by atoms with Crippen molar-refractivity contribution in [2.24, 2.45) is 0 Å². The van der Waals surface area contributed by atoms with Gasteiger partial charge in [-0.1, -0.05) is 6.07 Å². The minimum Gasteiger partial charge on any atom is -0.495 e. The maximum absolute atomic E-state index is 9.13. The van der Waals surface area contributed by atoms with Crippen molar-refractivity contribution in [2.45, 2.75) is 20.0 Å². The molecule has 0 saturated heterocycles. The Bertz CT molecular complexity index is 596. The highest BCUT2D eigenvalue weighted by Gasteiger charge is 2.08. The summed E-state index contributed by atoms with van der Waals surface area (Å²) in [5.41, 5.74) is 2.52. The molecule has 1 aromatic heterocycles. The van der Waals surface area contributed by atoms with E-state index < -0.39 is 0 Å². The molecule has 0 aliphatic heterocycles. The van der Waals surface area contributed by atoms with Gasteiger partial charge in [0.15, 0.2) is 0 Å². The third-order valence-electron chi connectivity index (χ3n) is 3.01. The predicted molar refractivity (Wildman–Crippen MR) is 75.1 cm³/mol. The van der Waals surface area contributed by atoms with Gasteiger partial charge in [0.25, 0.3) is 0 Å². The van der Waals surface area contributed by atoms with Crippen LogP contribution in [-0.4, -0.2) is 11.7 Å². The average molecular weight is 255 g/mol. The Hall–Kier alpha value is -2.41. The molecule has 0 atom stereocenters. The van der Waals surface area contributed by atoms with Crippen molar-refractivity contribution >= 4 is 5.69 Å². The summed E-state index contributed by atoms with van der Waals surface area (Å²) in [4.78, 5) is 0. The Labute approximate surface area is 113 Å². The molecule has 1 heterocycles. The van der Waals surface area contributed by atoms with Gasteiger partial charge in [-0.25, -0.2) is 0 Å². The van der Waals surface area contributed by atoms with Gasteiger partial charge in [-0.05, 0) is 30.7 Å². The summed E-state index contributed by atoms with van der Waals surface area (Å²) in [6.45, 7) is 3.73. The minimum atomic E-state index is 0.592. The van der Waals surface area contributed by atoms with Gasteiger partial charge in [0.1, 0.15) is 11.8 Å². The zero-order valence-corrected chi connectivity index (χ0v) is 11.2. The first-order valence-corrected chi connectivity index (χ1v) is 6.24. The smallest absolute Gasteiger partial charge is 0.143 e.